The number of benzene rings is 1. The van der Waals surface area contributed by atoms with Gasteiger partial charge in [0.25, 0.3) is 5.91 Å². The monoisotopic (exact) mass is 366 g/mol. The Morgan fingerprint density at radius 2 is 1.95 bits per heavy atom. The molecule has 1 aromatic rings. The summed E-state index contributed by atoms with van der Waals surface area (Å²) in [5.41, 5.74) is 0.751. The van der Waals surface area contributed by atoms with E-state index in [2.05, 4.69) is 34.7 Å². The van der Waals surface area contributed by atoms with Crippen molar-refractivity contribution in [2.75, 3.05) is 26.7 Å². The van der Waals surface area contributed by atoms with Gasteiger partial charge < -0.3 is 9.80 Å². The van der Waals surface area contributed by atoms with E-state index in [-0.39, 0.29) is 11.9 Å². The Labute approximate surface area is 142 Å². The van der Waals surface area contributed by atoms with Crippen LogP contribution in [0, 0.1) is 5.92 Å². The molecule has 2 rings (SSSR count). The van der Waals surface area contributed by atoms with Crippen LogP contribution in [-0.2, 0) is 0 Å². The van der Waals surface area contributed by atoms with E-state index < -0.39 is 0 Å². The third-order valence-electron chi connectivity index (χ3n) is 4.55. The zero-order chi connectivity index (χ0) is 16.1. The predicted molar refractivity (Wildman–Crippen MR) is 95.2 cm³/mol. The van der Waals surface area contributed by atoms with Gasteiger partial charge in [-0.15, -0.1) is 0 Å². The van der Waals surface area contributed by atoms with E-state index in [0.717, 1.165) is 16.6 Å². The molecule has 22 heavy (non-hydrogen) atoms. The predicted octanol–water partition coefficient (Wildman–Crippen LogP) is 4.03. The lowest BCUT2D eigenvalue weighted by molar-refractivity contribution is 0.0611. The van der Waals surface area contributed by atoms with Crippen LogP contribution in [0.4, 0.5) is 0 Å². The van der Waals surface area contributed by atoms with E-state index in [1.807, 2.05) is 36.2 Å². The molecule has 1 heterocycles. The fourth-order valence-electron chi connectivity index (χ4n) is 3.16. The van der Waals surface area contributed by atoms with Crippen LogP contribution in [0.15, 0.2) is 28.7 Å². The number of piperidine rings is 1. The molecule has 1 aliphatic heterocycles. The van der Waals surface area contributed by atoms with Crippen molar-refractivity contribution in [3.8, 4) is 0 Å². The Morgan fingerprint density at radius 1 is 1.27 bits per heavy atom. The second kappa shape index (κ2) is 8.11. The maximum Gasteiger partial charge on any atom is 0.253 e. The molecule has 0 bridgehead atoms. The van der Waals surface area contributed by atoms with E-state index in [0.29, 0.717) is 5.92 Å². The van der Waals surface area contributed by atoms with Crippen molar-refractivity contribution >= 4 is 21.8 Å². The second-order valence-corrected chi connectivity index (χ2v) is 7.51. The first-order valence-corrected chi connectivity index (χ1v) is 9.03. The number of hydrogen-bond donors (Lipinski definition) is 0. The highest BCUT2D eigenvalue weighted by Gasteiger charge is 2.26. The first-order chi connectivity index (χ1) is 10.5. The molecule has 1 aliphatic rings. The van der Waals surface area contributed by atoms with Gasteiger partial charge in [0.1, 0.15) is 0 Å². The first-order valence-electron chi connectivity index (χ1n) is 8.24. The third kappa shape index (κ3) is 4.56. The molecule has 122 valence electrons. The molecule has 1 atom stereocenters. The maximum atomic E-state index is 12.8. The smallest absolute Gasteiger partial charge is 0.253 e. The first kappa shape index (κ1) is 17.5. The molecule has 1 aromatic carbocycles. The number of rotatable bonds is 5. The van der Waals surface area contributed by atoms with Gasteiger partial charge in [0.2, 0.25) is 0 Å². The summed E-state index contributed by atoms with van der Waals surface area (Å²) in [5, 5.41) is 0. The number of carbonyl (C=O) groups is 1. The summed E-state index contributed by atoms with van der Waals surface area (Å²) in [4.78, 5) is 17.2. The van der Waals surface area contributed by atoms with Crippen molar-refractivity contribution in [2.45, 2.75) is 39.2 Å². The molecule has 4 heteroatoms. The van der Waals surface area contributed by atoms with E-state index in [9.17, 15) is 4.79 Å². The van der Waals surface area contributed by atoms with E-state index in [4.69, 9.17) is 0 Å². The van der Waals surface area contributed by atoms with Crippen LogP contribution in [0.1, 0.15) is 43.5 Å². The van der Waals surface area contributed by atoms with E-state index in [1.54, 1.807) is 0 Å². The molecule has 0 spiro atoms. The number of halogens is 1. The van der Waals surface area contributed by atoms with Gasteiger partial charge >= 0.3 is 0 Å². The summed E-state index contributed by atoms with van der Waals surface area (Å²) in [6.07, 6.45) is 3.91. The lowest BCUT2D eigenvalue weighted by Crippen LogP contribution is -2.48. The molecule has 0 aromatic heterocycles. The molecular weight excluding hydrogens is 340 g/mol. The molecule has 1 fully saturated rings. The normalized spacial score (nSPS) is 17.5. The Morgan fingerprint density at radius 3 is 2.55 bits per heavy atom. The Kier molecular flexibility index (Phi) is 6.45. The average molecular weight is 367 g/mol. The van der Waals surface area contributed by atoms with Crippen molar-refractivity contribution in [3.05, 3.63) is 34.3 Å². The van der Waals surface area contributed by atoms with E-state index >= 15 is 0 Å². The van der Waals surface area contributed by atoms with Crippen LogP contribution >= 0.6 is 15.9 Å². The highest BCUT2D eigenvalue weighted by molar-refractivity contribution is 9.10. The molecule has 0 aliphatic carbocycles. The minimum Gasteiger partial charge on any atom is -0.337 e. The summed E-state index contributed by atoms with van der Waals surface area (Å²) in [6, 6.07) is 7.91. The van der Waals surface area contributed by atoms with Crippen molar-refractivity contribution in [1.29, 1.82) is 0 Å². The van der Waals surface area contributed by atoms with Crippen LogP contribution < -0.4 is 0 Å². The number of likely N-dealkylation sites (tertiary alicyclic amines) is 1. The quantitative estimate of drug-likeness (QED) is 0.785. The molecule has 0 unspecified atom stereocenters. The highest BCUT2D eigenvalue weighted by atomic mass is 79.9. The van der Waals surface area contributed by atoms with Crippen LogP contribution in [0.25, 0.3) is 0 Å². The summed E-state index contributed by atoms with van der Waals surface area (Å²) < 4.78 is 0.948. The Hall–Kier alpha value is -0.870. The van der Waals surface area contributed by atoms with Crippen LogP contribution in [0.2, 0.25) is 0 Å². The largest absolute Gasteiger partial charge is 0.337 e. The molecule has 0 N–H and O–H groups in total. The van der Waals surface area contributed by atoms with Crippen LogP contribution in [-0.4, -0.2) is 48.4 Å². The summed E-state index contributed by atoms with van der Waals surface area (Å²) in [7, 11) is 1.94. The van der Waals surface area contributed by atoms with Gasteiger partial charge in [-0.05, 0) is 50.0 Å². The van der Waals surface area contributed by atoms with Crippen molar-refractivity contribution in [1.82, 2.24) is 9.80 Å². The van der Waals surface area contributed by atoms with Crippen molar-refractivity contribution < 1.29 is 4.79 Å². The lowest BCUT2D eigenvalue weighted by atomic mass is 10.00. The molecule has 1 saturated heterocycles. The number of nitrogens with zero attached hydrogens (tertiary/aromatic N) is 2. The molecule has 0 radical (unpaired) electrons. The van der Waals surface area contributed by atoms with Crippen LogP contribution in [0.5, 0.6) is 0 Å². The summed E-state index contributed by atoms with van der Waals surface area (Å²) in [5.74, 6) is 0.556. The molecule has 1 amide bonds. The number of amides is 1. The molecule has 3 nitrogen and oxygen atoms in total. The van der Waals surface area contributed by atoms with Crippen molar-refractivity contribution in [3.63, 3.8) is 0 Å². The molecular formula is C18H27BrN2O. The van der Waals surface area contributed by atoms with Gasteiger partial charge in [0.05, 0.1) is 0 Å². The summed E-state index contributed by atoms with van der Waals surface area (Å²) in [6.45, 7) is 7.73. The number of carbonyl (C=O) groups excluding carboxylic acids is 1. The van der Waals surface area contributed by atoms with Gasteiger partial charge in [-0.1, -0.05) is 42.3 Å². The SMILES string of the molecule is CC(C)[C@@H](CN1CCCCC1)N(C)C(=O)c1cccc(Br)c1. The van der Waals surface area contributed by atoms with Gasteiger partial charge in [-0.25, -0.2) is 0 Å². The fourth-order valence-corrected chi connectivity index (χ4v) is 3.56. The topological polar surface area (TPSA) is 23.6 Å². The number of likely N-dealkylation sites (N-methyl/N-ethyl adjacent to an activating group) is 1. The zero-order valence-corrected chi connectivity index (χ0v) is 15.5. The van der Waals surface area contributed by atoms with Gasteiger partial charge in [-0.2, -0.15) is 0 Å². The van der Waals surface area contributed by atoms with Gasteiger partial charge in [0.15, 0.2) is 0 Å². The van der Waals surface area contributed by atoms with Gasteiger partial charge in [-0.3, -0.25) is 4.79 Å². The minimum atomic E-state index is 0.108. The zero-order valence-electron chi connectivity index (χ0n) is 13.9. The number of hydrogen-bond acceptors (Lipinski definition) is 2. The van der Waals surface area contributed by atoms with Gasteiger partial charge in [0, 0.05) is 29.7 Å². The fraction of sp³-hybridized carbons (Fsp3) is 0.611. The second-order valence-electron chi connectivity index (χ2n) is 6.60. The minimum absolute atomic E-state index is 0.108. The van der Waals surface area contributed by atoms with E-state index in [1.165, 1.54) is 32.4 Å². The maximum absolute atomic E-state index is 12.8. The standard InChI is InChI=1S/C18H27BrN2O/c1-14(2)17(13-21-10-5-4-6-11-21)20(3)18(22)15-8-7-9-16(19)12-15/h7-9,12,14,17H,4-6,10-11,13H2,1-3H3/t17-/m1/s1. The third-order valence-corrected chi connectivity index (χ3v) is 5.05. The summed E-state index contributed by atoms with van der Waals surface area (Å²) >= 11 is 3.45. The Bertz CT molecular complexity index is 498. The average Bonchev–Trinajstić information content (AvgIpc) is 2.52. The van der Waals surface area contributed by atoms with Crippen molar-refractivity contribution in [2.24, 2.45) is 5.92 Å². The Balaban J connectivity index is 2.08. The lowest BCUT2D eigenvalue weighted by Gasteiger charge is -2.37. The van der Waals surface area contributed by atoms with Crippen LogP contribution in [0.3, 0.4) is 0 Å². The highest BCUT2D eigenvalue weighted by Crippen LogP contribution is 2.19. The molecule has 0 saturated carbocycles.